The number of benzene rings is 1. The summed E-state index contributed by atoms with van der Waals surface area (Å²) in [5, 5.41) is 13.5. The lowest BCUT2D eigenvalue weighted by atomic mass is 10.2. The van der Waals surface area contributed by atoms with Gasteiger partial charge in [-0.2, -0.15) is 5.26 Å². The van der Waals surface area contributed by atoms with Gasteiger partial charge >= 0.3 is 0 Å². The van der Waals surface area contributed by atoms with Crippen molar-refractivity contribution in [1.29, 1.82) is 5.26 Å². The van der Waals surface area contributed by atoms with Gasteiger partial charge in [0.05, 0.1) is 29.6 Å². The summed E-state index contributed by atoms with van der Waals surface area (Å²) < 4.78 is 26.1. The minimum Gasteiger partial charge on any atom is -0.473 e. The summed E-state index contributed by atoms with van der Waals surface area (Å²) in [6.07, 6.45) is 1.66. The molecule has 0 aliphatic heterocycles. The molecule has 0 fully saturated rings. The van der Waals surface area contributed by atoms with Crippen LogP contribution in [0.2, 0.25) is 0 Å². The Morgan fingerprint density at radius 3 is 2.75 bits per heavy atom. The molecule has 0 bridgehead atoms. The van der Waals surface area contributed by atoms with Crippen LogP contribution in [0.15, 0.2) is 42.6 Å². The fraction of sp³-hybridized carbons (Fsp3) is 0.190. The van der Waals surface area contributed by atoms with Gasteiger partial charge in [-0.1, -0.05) is 12.0 Å². The van der Waals surface area contributed by atoms with Crippen molar-refractivity contribution in [3.63, 3.8) is 0 Å². The van der Waals surface area contributed by atoms with E-state index in [2.05, 4.69) is 21.9 Å². The van der Waals surface area contributed by atoms with Crippen LogP contribution in [0.25, 0.3) is 5.69 Å². The quantitative estimate of drug-likeness (QED) is 0.506. The molecule has 6 nitrogen and oxygen atoms in total. The van der Waals surface area contributed by atoms with E-state index < -0.39 is 5.82 Å². The van der Waals surface area contributed by atoms with Gasteiger partial charge in [-0.3, -0.25) is 0 Å². The van der Waals surface area contributed by atoms with E-state index in [1.807, 2.05) is 18.2 Å². The standard InChI is InChI=1S/C21H17FN4O2/c1-15-20(7-6-18-5-3-4-8-24-18)21(28-10-9-27-2)25-26(15)19-12-16(14-23)11-17(22)13-19/h3-5,8,11-13H,9-10H2,1-2H3. The van der Waals surface area contributed by atoms with Crippen molar-refractivity contribution in [1.82, 2.24) is 14.8 Å². The molecule has 28 heavy (non-hydrogen) atoms. The predicted octanol–water partition coefficient (Wildman–Crippen LogP) is 3.01. The van der Waals surface area contributed by atoms with Gasteiger partial charge in [0.15, 0.2) is 0 Å². The molecule has 0 aliphatic carbocycles. The second kappa shape index (κ2) is 8.81. The van der Waals surface area contributed by atoms with Gasteiger partial charge in [-0.25, -0.2) is 14.1 Å². The smallest absolute Gasteiger partial charge is 0.249 e. The van der Waals surface area contributed by atoms with Gasteiger partial charge in [0.1, 0.15) is 23.7 Å². The molecule has 0 amide bonds. The van der Waals surface area contributed by atoms with Crippen LogP contribution in [0.3, 0.4) is 0 Å². The Morgan fingerprint density at radius 1 is 1.18 bits per heavy atom. The molecule has 0 saturated carbocycles. The van der Waals surface area contributed by atoms with Crippen molar-refractivity contribution in [2.75, 3.05) is 20.3 Å². The molecule has 0 N–H and O–H groups in total. The fourth-order valence-corrected chi connectivity index (χ4v) is 2.52. The van der Waals surface area contributed by atoms with E-state index in [1.54, 1.807) is 32.4 Å². The molecule has 2 heterocycles. The molecule has 3 rings (SSSR count). The van der Waals surface area contributed by atoms with Crippen LogP contribution in [0.1, 0.15) is 22.5 Å². The number of pyridine rings is 1. The number of rotatable bonds is 5. The highest BCUT2D eigenvalue weighted by Crippen LogP contribution is 2.24. The largest absolute Gasteiger partial charge is 0.473 e. The Morgan fingerprint density at radius 2 is 2.04 bits per heavy atom. The third-order valence-corrected chi connectivity index (χ3v) is 3.85. The van der Waals surface area contributed by atoms with E-state index >= 15 is 0 Å². The normalized spacial score (nSPS) is 10.1. The molecule has 0 radical (unpaired) electrons. The first kappa shape index (κ1) is 19.1. The summed E-state index contributed by atoms with van der Waals surface area (Å²) >= 11 is 0. The lowest BCUT2D eigenvalue weighted by Crippen LogP contribution is -2.06. The first-order chi connectivity index (χ1) is 13.6. The average molecular weight is 376 g/mol. The summed E-state index contributed by atoms with van der Waals surface area (Å²) in [7, 11) is 1.57. The zero-order valence-electron chi connectivity index (χ0n) is 15.4. The second-order valence-corrected chi connectivity index (χ2v) is 5.79. The number of nitriles is 1. The molecule has 7 heteroatoms. The molecule has 0 atom stereocenters. The summed E-state index contributed by atoms with van der Waals surface area (Å²) in [5.74, 6) is 5.80. The Bertz CT molecular complexity index is 1080. The zero-order chi connectivity index (χ0) is 19.9. The van der Waals surface area contributed by atoms with Crippen molar-refractivity contribution in [3.8, 4) is 29.5 Å². The first-order valence-corrected chi connectivity index (χ1v) is 8.48. The van der Waals surface area contributed by atoms with Crippen LogP contribution in [0.4, 0.5) is 4.39 Å². The van der Waals surface area contributed by atoms with Crippen LogP contribution in [-0.2, 0) is 4.74 Å². The summed E-state index contributed by atoms with van der Waals surface area (Å²) in [6, 6.07) is 11.4. The highest BCUT2D eigenvalue weighted by molar-refractivity contribution is 5.52. The molecule has 3 aromatic rings. The lowest BCUT2D eigenvalue weighted by Gasteiger charge is -2.05. The third kappa shape index (κ3) is 4.35. The number of hydrogen-bond donors (Lipinski definition) is 0. The molecule has 140 valence electrons. The molecule has 1 aromatic carbocycles. The SMILES string of the molecule is COCCOc1nn(-c2cc(F)cc(C#N)c2)c(C)c1C#Cc1ccccn1. The van der Waals surface area contributed by atoms with Crippen molar-refractivity contribution >= 4 is 0 Å². The Hall–Kier alpha value is -3.68. The van der Waals surface area contributed by atoms with Gasteiger partial charge in [0.25, 0.3) is 0 Å². The third-order valence-electron chi connectivity index (χ3n) is 3.85. The van der Waals surface area contributed by atoms with Gasteiger partial charge in [-0.15, -0.1) is 5.10 Å². The number of nitrogens with zero attached hydrogens (tertiary/aromatic N) is 4. The van der Waals surface area contributed by atoms with Gasteiger partial charge < -0.3 is 9.47 Å². The zero-order valence-corrected chi connectivity index (χ0v) is 15.4. The van der Waals surface area contributed by atoms with Crippen molar-refractivity contribution in [2.45, 2.75) is 6.92 Å². The fourth-order valence-electron chi connectivity index (χ4n) is 2.52. The van der Waals surface area contributed by atoms with Crippen molar-refractivity contribution in [3.05, 3.63) is 70.9 Å². The Labute approximate surface area is 162 Å². The molecule has 0 unspecified atom stereocenters. The maximum absolute atomic E-state index is 13.9. The lowest BCUT2D eigenvalue weighted by molar-refractivity contribution is 0.143. The Kier molecular flexibility index (Phi) is 6.01. The average Bonchev–Trinajstić information content (AvgIpc) is 3.02. The van der Waals surface area contributed by atoms with Gasteiger partial charge in [0, 0.05) is 13.3 Å². The van der Waals surface area contributed by atoms with Crippen LogP contribution in [0, 0.1) is 35.9 Å². The van der Waals surface area contributed by atoms with Crippen LogP contribution < -0.4 is 4.74 Å². The Balaban J connectivity index is 2.07. The van der Waals surface area contributed by atoms with Crippen molar-refractivity contribution in [2.24, 2.45) is 0 Å². The number of ether oxygens (including phenoxy) is 2. The molecule has 0 saturated heterocycles. The van der Waals surface area contributed by atoms with Crippen LogP contribution in [0.5, 0.6) is 5.88 Å². The van der Waals surface area contributed by atoms with Crippen LogP contribution >= 0.6 is 0 Å². The highest BCUT2D eigenvalue weighted by Gasteiger charge is 2.17. The topological polar surface area (TPSA) is 73.0 Å². The van der Waals surface area contributed by atoms with Crippen molar-refractivity contribution < 1.29 is 13.9 Å². The van der Waals surface area contributed by atoms with E-state index in [1.165, 1.54) is 16.8 Å². The number of halogens is 1. The maximum Gasteiger partial charge on any atom is 0.249 e. The van der Waals surface area contributed by atoms with Gasteiger partial charge in [-0.05, 0) is 43.2 Å². The maximum atomic E-state index is 13.9. The molecule has 0 aliphatic rings. The minimum atomic E-state index is -0.521. The molecule has 2 aromatic heterocycles. The van der Waals surface area contributed by atoms with E-state index in [9.17, 15) is 4.39 Å². The monoisotopic (exact) mass is 376 g/mol. The molecule has 0 spiro atoms. The molecular weight excluding hydrogens is 359 g/mol. The highest BCUT2D eigenvalue weighted by atomic mass is 19.1. The number of methoxy groups -OCH3 is 1. The number of hydrogen-bond acceptors (Lipinski definition) is 5. The summed E-state index contributed by atoms with van der Waals surface area (Å²) in [6.45, 7) is 2.48. The first-order valence-electron chi connectivity index (χ1n) is 8.48. The van der Waals surface area contributed by atoms with E-state index in [4.69, 9.17) is 14.7 Å². The summed E-state index contributed by atoms with van der Waals surface area (Å²) in [4.78, 5) is 4.18. The van der Waals surface area contributed by atoms with Crippen LogP contribution in [-0.4, -0.2) is 35.1 Å². The summed E-state index contributed by atoms with van der Waals surface area (Å²) in [5.41, 5.74) is 2.44. The second-order valence-electron chi connectivity index (χ2n) is 5.79. The predicted molar refractivity (Wildman–Crippen MR) is 101 cm³/mol. The van der Waals surface area contributed by atoms with E-state index in [-0.39, 0.29) is 12.2 Å². The van der Waals surface area contributed by atoms with Gasteiger partial charge in [0.2, 0.25) is 5.88 Å². The van der Waals surface area contributed by atoms with E-state index in [0.29, 0.717) is 35.1 Å². The minimum absolute atomic E-state index is 0.202. The molecular formula is C21H17FN4O2. The van der Waals surface area contributed by atoms with E-state index in [0.717, 1.165) is 0 Å². The number of aromatic nitrogens is 3.